The van der Waals surface area contributed by atoms with Crippen LogP contribution in [0.3, 0.4) is 0 Å². The predicted molar refractivity (Wildman–Crippen MR) is 55.8 cm³/mol. The second-order valence-electron chi connectivity index (χ2n) is 4.38. The third-order valence-electron chi connectivity index (χ3n) is 2.81. The molecule has 0 aliphatic carbocycles. The van der Waals surface area contributed by atoms with Gasteiger partial charge in [-0.05, 0) is 6.42 Å². The summed E-state index contributed by atoms with van der Waals surface area (Å²) in [7, 11) is 0. The summed E-state index contributed by atoms with van der Waals surface area (Å²) in [5.74, 6) is -4.49. The Labute approximate surface area is 102 Å². The van der Waals surface area contributed by atoms with Gasteiger partial charge >= 0.3 is 12.1 Å². The summed E-state index contributed by atoms with van der Waals surface area (Å²) in [6, 6.07) is -0.204. The van der Waals surface area contributed by atoms with Crippen LogP contribution in [-0.2, 0) is 9.59 Å². The fraction of sp³-hybridized carbons (Fsp3) is 0.800. The summed E-state index contributed by atoms with van der Waals surface area (Å²) in [4.78, 5) is 22.8. The Morgan fingerprint density at radius 1 is 1.50 bits per heavy atom. The third-order valence-corrected chi connectivity index (χ3v) is 2.81. The van der Waals surface area contributed by atoms with Gasteiger partial charge in [0.15, 0.2) is 5.92 Å². The number of aliphatic carboxylic acids is 1. The fourth-order valence-corrected chi connectivity index (χ4v) is 1.98. The number of nitrogens with one attached hydrogen (secondary N) is 1. The van der Waals surface area contributed by atoms with Crippen LogP contribution in [0.4, 0.5) is 13.2 Å². The van der Waals surface area contributed by atoms with Crippen molar-refractivity contribution in [2.45, 2.75) is 25.6 Å². The molecule has 1 aliphatic heterocycles. The molecule has 8 heteroatoms. The van der Waals surface area contributed by atoms with Crippen molar-refractivity contribution < 1.29 is 27.9 Å². The lowest BCUT2D eigenvalue weighted by Crippen LogP contribution is -2.42. The molecule has 1 fully saturated rings. The van der Waals surface area contributed by atoms with E-state index in [1.54, 1.807) is 0 Å². The average molecular weight is 268 g/mol. The van der Waals surface area contributed by atoms with Crippen molar-refractivity contribution in [1.29, 1.82) is 0 Å². The highest BCUT2D eigenvalue weighted by atomic mass is 19.4. The number of amides is 1. The van der Waals surface area contributed by atoms with Crippen LogP contribution in [0.25, 0.3) is 0 Å². The van der Waals surface area contributed by atoms with Crippen molar-refractivity contribution in [2.24, 2.45) is 5.92 Å². The highest BCUT2D eigenvalue weighted by Crippen LogP contribution is 2.28. The van der Waals surface area contributed by atoms with Crippen LogP contribution in [0.2, 0.25) is 0 Å². The van der Waals surface area contributed by atoms with Crippen LogP contribution in [0.5, 0.6) is 0 Å². The molecule has 1 rings (SSSR count). The van der Waals surface area contributed by atoms with Gasteiger partial charge in [-0.25, -0.2) is 0 Å². The molecule has 0 aromatic heterocycles. The molecule has 2 atom stereocenters. The van der Waals surface area contributed by atoms with Crippen molar-refractivity contribution in [2.75, 3.05) is 19.6 Å². The van der Waals surface area contributed by atoms with Crippen molar-refractivity contribution in [1.82, 2.24) is 10.2 Å². The number of hydrogen-bond acceptors (Lipinski definition) is 3. The highest BCUT2D eigenvalue weighted by molar-refractivity contribution is 5.73. The van der Waals surface area contributed by atoms with E-state index in [9.17, 15) is 22.8 Å². The monoisotopic (exact) mass is 268 g/mol. The average Bonchev–Trinajstić information content (AvgIpc) is 2.58. The molecule has 0 aromatic rings. The first-order valence-corrected chi connectivity index (χ1v) is 5.49. The molecule has 18 heavy (non-hydrogen) atoms. The number of carbonyl (C=O) groups excluding carboxylic acids is 1. The minimum Gasteiger partial charge on any atom is -0.481 e. The summed E-state index contributed by atoms with van der Waals surface area (Å²) in [6.07, 6.45) is -4.22. The van der Waals surface area contributed by atoms with E-state index in [0.717, 1.165) is 0 Å². The van der Waals surface area contributed by atoms with Gasteiger partial charge in [0, 0.05) is 32.6 Å². The van der Waals surface area contributed by atoms with E-state index in [4.69, 9.17) is 5.11 Å². The number of rotatable bonds is 4. The van der Waals surface area contributed by atoms with Crippen molar-refractivity contribution in [3.63, 3.8) is 0 Å². The molecule has 0 bridgehead atoms. The standard InChI is InChI=1S/C10H15F3N2O3/c1-6(16)14-7-2-3-15(4-7)5-8(9(17)18)10(11,12)13/h7-8H,2-5H2,1H3,(H,14,16)(H,17,18). The van der Waals surface area contributed by atoms with Crippen LogP contribution >= 0.6 is 0 Å². The Bertz CT molecular complexity index is 333. The molecule has 5 nitrogen and oxygen atoms in total. The second kappa shape index (κ2) is 5.55. The molecule has 2 unspecified atom stereocenters. The molecular formula is C10H15F3N2O3. The summed E-state index contributed by atoms with van der Waals surface area (Å²) in [6.45, 7) is 1.36. The predicted octanol–water partition coefficient (Wildman–Crippen LogP) is 0.460. The van der Waals surface area contributed by atoms with Crippen molar-refractivity contribution in [3.8, 4) is 0 Å². The van der Waals surface area contributed by atoms with Gasteiger partial charge in [0.05, 0.1) is 0 Å². The Morgan fingerprint density at radius 3 is 2.56 bits per heavy atom. The van der Waals surface area contributed by atoms with E-state index in [2.05, 4.69) is 5.32 Å². The SMILES string of the molecule is CC(=O)NC1CCN(CC(C(=O)O)C(F)(F)F)C1. The van der Waals surface area contributed by atoms with Gasteiger partial charge < -0.3 is 15.3 Å². The number of alkyl halides is 3. The van der Waals surface area contributed by atoms with Crippen LogP contribution in [-0.4, -0.2) is 53.7 Å². The van der Waals surface area contributed by atoms with E-state index >= 15 is 0 Å². The van der Waals surface area contributed by atoms with Gasteiger partial charge in [0.25, 0.3) is 0 Å². The van der Waals surface area contributed by atoms with E-state index in [0.29, 0.717) is 13.0 Å². The lowest BCUT2D eigenvalue weighted by atomic mass is 10.1. The Balaban J connectivity index is 2.53. The molecule has 0 aromatic carbocycles. The maximum absolute atomic E-state index is 12.5. The highest BCUT2D eigenvalue weighted by Gasteiger charge is 2.46. The Kier molecular flexibility index (Phi) is 4.55. The lowest BCUT2D eigenvalue weighted by Gasteiger charge is -2.22. The molecule has 1 aliphatic rings. The number of carbonyl (C=O) groups is 2. The van der Waals surface area contributed by atoms with Crippen molar-refractivity contribution >= 4 is 11.9 Å². The van der Waals surface area contributed by atoms with Crippen LogP contribution < -0.4 is 5.32 Å². The molecule has 2 N–H and O–H groups in total. The quantitative estimate of drug-likeness (QED) is 0.777. The zero-order valence-electron chi connectivity index (χ0n) is 9.83. The van der Waals surface area contributed by atoms with Gasteiger partial charge in [-0.1, -0.05) is 0 Å². The summed E-state index contributed by atoms with van der Waals surface area (Å²) in [5, 5.41) is 11.2. The number of carboxylic acids is 1. The molecule has 0 radical (unpaired) electrons. The molecule has 0 spiro atoms. The number of nitrogens with zero attached hydrogens (tertiary/aromatic N) is 1. The topological polar surface area (TPSA) is 69.6 Å². The largest absolute Gasteiger partial charge is 0.481 e. The van der Waals surface area contributed by atoms with E-state index in [1.165, 1.54) is 11.8 Å². The van der Waals surface area contributed by atoms with Gasteiger partial charge in [0.1, 0.15) is 0 Å². The lowest BCUT2D eigenvalue weighted by molar-refractivity contribution is -0.196. The summed E-state index contributed by atoms with van der Waals surface area (Å²) in [5.41, 5.74) is 0. The summed E-state index contributed by atoms with van der Waals surface area (Å²) >= 11 is 0. The Morgan fingerprint density at radius 2 is 2.11 bits per heavy atom. The number of carboxylic acid groups (broad SMARTS) is 1. The molecule has 1 amide bonds. The second-order valence-corrected chi connectivity index (χ2v) is 4.38. The zero-order chi connectivity index (χ0) is 13.9. The van der Waals surface area contributed by atoms with Gasteiger partial charge in [-0.2, -0.15) is 13.2 Å². The minimum absolute atomic E-state index is 0.204. The molecule has 1 heterocycles. The van der Waals surface area contributed by atoms with Crippen LogP contribution in [0.15, 0.2) is 0 Å². The maximum atomic E-state index is 12.5. The maximum Gasteiger partial charge on any atom is 0.403 e. The molecule has 0 saturated carbocycles. The smallest absolute Gasteiger partial charge is 0.403 e. The first kappa shape index (κ1) is 14.7. The fourth-order valence-electron chi connectivity index (χ4n) is 1.98. The number of halogens is 3. The van der Waals surface area contributed by atoms with E-state index < -0.39 is 24.6 Å². The molecular weight excluding hydrogens is 253 g/mol. The zero-order valence-corrected chi connectivity index (χ0v) is 9.83. The summed E-state index contributed by atoms with van der Waals surface area (Å²) < 4.78 is 37.4. The third kappa shape index (κ3) is 4.17. The van der Waals surface area contributed by atoms with Crippen LogP contribution in [0, 0.1) is 5.92 Å². The van der Waals surface area contributed by atoms with Crippen LogP contribution in [0.1, 0.15) is 13.3 Å². The number of hydrogen-bond donors (Lipinski definition) is 2. The number of likely N-dealkylation sites (tertiary alicyclic amines) is 1. The normalized spacial score (nSPS) is 22.8. The van der Waals surface area contributed by atoms with E-state index in [-0.39, 0.29) is 18.5 Å². The van der Waals surface area contributed by atoms with Crippen molar-refractivity contribution in [3.05, 3.63) is 0 Å². The van der Waals surface area contributed by atoms with Gasteiger partial charge in [-0.3, -0.25) is 9.59 Å². The van der Waals surface area contributed by atoms with E-state index in [1.807, 2.05) is 0 Å². The minimum atomic E-state index is -4.75. The van der Waals surface area contributed by atoms with Gasteiger partial charge in [-0.15, -0.1) is 0 Å². The molecule has 1 saturated heterocycles. The first-order valence-electron chi connectivity index (χ1n) is 5.49. The first-order chi connectivity index (χ1) is 8.20. The Hall–Kier alpha value is -1.31. The van der Waals surface area contributed by atoms with Gasteiger partial charge in [0.2, 0.25) is 5.91 Å². The molecule has 104 valence electrons.